The Morgan fingerprint density at radius 3 is 2.50 bits per heavy atom. The lowest BCUT2D eigenvalue weighted by molar-refractivity contribution is -0.121. The third-order valence-corrected chi connectivity index (χ3v) is 2.90. The van der Waals surface area contributed by atoms with Gasteiger partial charge in [-0.3, -0.25) is 4.79 Å². The molecule has 1 heterocycles. The molecule has 1 aliphatic heterocycles. The van der Waals surface area contributed by atoms with Crippen LogP contribution in [0.5, 0.6) is 0 Å². The van der Waals surface area contributed by atoms with E-state index in [4.69, 9.17) is 15.3 Å². The van der Waals surface area contributed by atoms with Crippen LogP contribution >= 0.6 is 0 Å². The number of hydrogen-bond acceptors (Lipinski definition) is 5. The zero-order valence-corrected chi connectivity index (χ0v) is 9.28. The number of aliphatic hydroxyl groups excluding tert-OH is 3. The first-order valence-corrected chi connectivity index (χ1v) is 5.53. The molecule has 1 unspecified atom stereocenters. The molecule has 0 bridgehead atoms. The topological polar surface area (TPSA) is 102 Å². The molecule has 1 rings (SSSR count). The molecule has 0 aromatic rings. The smallest absolute Gasteiger partial charge is 0.221 e. The summed E-state index contributed by atoms with van der Waals surface area (Å²) in [5, 5.41) is 33.2. The van der Waals surface area contributed by atoms with Gasteiger partial charge in [0.25, 0.3) is 0 Å². The van der Waals surface area contributed by atoms with Crippen LogP contribution < -0.4 is 10.6 Å². The molecule has 6 heteroatoms. The number of rotatable bonds is 5. The van der Waals surface area contributed by atoms with Gasteiger partial charge in [0.05, 0.1) is 25.4 Å². The molecule has 1 saturated heterocycles. The lowest BCUT2D eigenvalue weighted by Gasteiger charge is -2.33. The van der Waals surface area contributed by atoms with Crippen molar-refractivity contribution in [1.82, 2.24) is 10.6 Å². The fraction of sp³-hybridized carbons (Fsp3) is 0.900. The maximum absolute atomic E-state index is 11.3. The van der Waals surface area contributed by atoms with Gasteiger partial charge in [0, 0.05) is 19.0 Å². The van der Waals surface area contributed by atoms with Crippen molar-refractivity contribution in [3.8, 4) is 0 Å². The minimum absolute atomic E-state index is 0.0438. The van der Waals surface area contributed by atoms with Crippen LogP contribution in [0.15, 0.2) is 0 Å². The molecule has 1 aliphatic rings. The second-order valence-electron chi connectivity index (χ2n) is 4.29. The summed E-state index contributed by atoms with van der Waals surface area (Å²) in [5.41, 5.74) is -1.10. The van der Waals surface area contributed by atoms with E-state index in [-0.39, 0.29) is 31.8 Å². The highest BCUT2D eigenvalue weighted by molar-refractivity contribution is 5.76. The van der Waals surface area contributed by atoms with Gasteiger partial charge in [0.2, 0.25) is 5.91 Å². The molecule has 16 heavy (non-hydrogen) atoms. The Bertz CT molecular complexity index is 223. The van der Waals surface area contributed by atoms with E-state index >= 15 is 0 Å². The molecule has 0 aromatic carbocycles. The van der Waals surface area contributed by atoms with Crippen LogP contribution in [0.1, 0.15) is 19.3 Å². The Hall–Kier alpha value is -0.690. The molecule has 6 nitrogen and oxygen atoms in total. The summed E-state index contributed by atoms with van der Waals surface area (Å²) in [6, 6.07) is -0.117. The van der Waals surface area contributed by atoms with E-state index in [2.05, 4.69) is 10.6 Å². The second-order valence-corrected chi connectivity index (χ2v) is 4.29. The van der Waals surface area contributed by atoms with Crippen molar-refractivity contribution in [2.45, 2.75) is 30.8 Å². The summed E-state index contributed by atoms with van der Waals surface area (Å²) < 4.78 is 0. The Kier molecular flexibility index (Phi) is 5.14. The summed E-state index contributed by atoms with van der Waals surface area (Å²) in [6.45, 7) is -0.435. The third kappa shape index (κ3) is 3.41. The molecule has 1 fully saturated rings. The predicted octanol–water partition coefficient (Wildman–Crippen LogP) is -2.04. The number of carbonyl (C=O) groups is 1. The van der Waals surface area contributed by atoms with Gasteiger partial charge >= 0.3 is 0 Å². The van der Waals surface area contributed by atoms with E-state index in [1.165, 1.54) is 0 Å². The average molecular weight is 232 g/mol. The quantitative estimate of drug-likeness (QED) is 0.376. The second kappa shape index (κ2) is 6.15. The van der Waals surface area contributed by atoms with E-state index in [9.17, 15) is 4.79 Å². The van der Waals surface area contributed by atoms with Crippen LogP contribution in [-0.2, 0) is 4.79 Å². The highest BCUT2D eigenvalue weighted by Crippen LogP contribution is 2.11. The van der Waals surface area contributed by atoms with Crippen molar-refractivity contribution in [2.75, 3.05) is 26.4 Å². The van der Waals surface area contributed by atoms with E-state index in [0.29, 0.717) is 13.0 Å². The standard InChI is InChI=1S/C10H20N2O4/c13-5-10(6-14,7-15)12-8-2-1-3-11-9(16)4-8/h8,12-15H,1-7H2,(H,11,16). The molecular weight excluding hydrogens is 212 g/mol. The number of carbonyl (C=O) groups excluding carboxylic acids is 1. The molecule has 0 aromatic heterocycles. The van der Waals surface area contributed by atoms with Gasteiger partial charge < -0.3 is 26.0 Å². The number of nitrogens with one attached hydrogen (secondary N) is 2. The van der Waals surface area contributed by atoms with Gasteiger partial charge in [-0.15, -0.1) is 0 Å². The zero-order valence-electron chi connectivity index (χ0n) is 9.28. The average Bonchev–Trinajstić information content (AvgIpc) is 2.50. The molecule has 94 valence electrons. The van der Waals surface area contributed by atoms with Gasteiger partial charge in [-0.1, -0.05) is 0 Å². The SMILES string of the molecule is O=C1CC(NC(CO)(CO)CO)CCCN1. The van der Waals surface area contributed by atoms with Crippen molar-refractivity contribution >= 4 is 5.91 Å². The zero-order chi connectivity index (χ0) is 12.0. The first kappa shape index (κ1) is 13.4. The monoisotopic (exact) mass is 232 g/mol. The fourth-order valence-corrected chi connectivity index (χ4v) is 1.82. The Balaban J connectivity index is 2.58. The van der Waals surface area contributed by atoms with Gasteiger partial charge in [0.1, 0.15) is 0 Å². The first-order chi connectivity index (χ1) is 7.65. The minimum atomic E-state index is -1.10. The van der Waals surface area contributed by atoms with Gasteiger partial charge in [0.15, 0.2) is 0 Å². The molecule has 0 spiro atoms. The van der Waals surface area contributed by atoms with Gasteiger partial charge in [-0.2, -0.15) is 0 Å². The summed E-state index contributed by atoms with van der Waals surface area (Å²) in [4.78, 5) is 11.3. The van der Waals surface area contributed by atoms with E-state index < -0.39 is 5.54 Å². The predicted molar refractivity (Wildman–Crippen MR) is 57.8 cm³/mol. The van der Waals surface area contributed by atoms with Crippen molar-refractivity contribution in [2.24, 2.45) is 0 Å². The van der Waals surface area contributed by atoms with Gasteiger partial charge in [-0.05, 0) is 12.8 Å². The molecule has 0 saturated carbocycles. The molecule has 5 N–H and O–H groups in total. The minimum Gasteiger partial charge on any atom is -0.394 e. The maximum Gasteiger partial charge on any atom is 0.221 e. The molecule has 1 amide bonds. The number of hydrogen-bond donors (Lipinski definition) is 5. The number of aliphatic hydroxyl groups is 3. The lowest BCUT2D eigenvalue weighted by atomic mass is 9.99. The molecule has 0 aliphatic carbocycles. The van der Waals surface area contributed by atoms with E-state index in [1.54, 1.807) is 0 Å². The Morgan fingerprint density at radius 2 is 1.94 bits per heavy atom. The van der Waals surface area contributed by atoms with Crippen molar-refractivity contribution < 1.29 is 20.1 Å². The maximum atomic E-state index is 11.3. The highest BCUT2D eigenvalue weighted by Gasteiger charge is 2.31. The molecular formula is C10H20N2O4. The third-order valence-electron chi connectivity index (χ3n) is 2.90. The van der Waals surface area contributed by atoms with Crippen molar-refractivity contribution in [1.29, 1.82) is 0 Å². The van der Waals surface area contributed by atoms with Crippen LogP contribution in [0.4, 0.5) is 0 Å². The van der Waals surface area contributed by atoms with Crippen LogP contribution in [-0.4, -0.2) is 59.2 Å². The van der Waals surface area contributed by atoms with Crippen LogP contribution in [0, 0.1) is 0 Å². The number of amides is 1. The molecule has 0 radical (unpaired) electrons. The first-order valence-electron chi connectivity index (χ1n) is 5.53. The summed E-state index contributed by atoms with van der Waals surface area (Å²) in [6.07, 6.45) is 1.93. The largest absolute Gasteiger partial charge is 0.394 e. The van der Waals surface area contributed by atoms with E-state index in [0.717, 1.165) is 12.8 Å². The van der Waals surface area contributed by atoms with E-state index in [1.807, 2.05) is 0 Å². The van der Waals surface area contributed by atoms with Crippen molar-refractivity contribution in [3.05, 3.63) is 0 Å². The Morgan fingerprint density at radius 1 is 1.31 bits per heavy atom. The van der Waals surface area contributed by atoms with Crippen molar-refractivity contribution in [3.63, 3.8) is 0 Å². The van der Waals surface area contributed by atoms with Crippen LogP contribution in [0.25, 0.3) is 0 Å². The van der Waals surface area contributed by atoms with Gasteiger partial charge in [-0.25, -0.2) is 0 Å². The highest BCUT2D eigenvalue weighted by atomic mass is 16.3. The normalized spacial score (nSPS) is 22.7. The summed E-state index contributed by atoms with van der Waals surface area (Å²) in [5.74, 6) is -0.0438. The summed E-state index contributed by atoms with van der Waals surface area (Å²) in [7, 11) is 0. The van der Waals surface area contributed by atoms with Crippen LogP contribution in [0.3, 0.4) is 0 Å². The fourth-order valence-electron chi connectivity index (χ4n) is 1.82. The molecule has 1 atom stereocenters. The summed E-state index contributed by atoms with van der Waals surface area (Å²) >= 11 is 0. The Labute approximate surface area is 94.7 Å². The lowest BCUT2D eigenvalue weighted by Crippen LogP contribution is -2.58. The van der Waals surface area contributed by atoms with Crippen LogP contribution in [0.2, 0.25) is 0 Å².